The van der Waals surface area contributed by atoms with Gasteiger partial charge in [0.15, 0.2) is 5.82 Å². The van der Waals surface area contributed by atoms with Crippen molar-refractivity contribution >= 4 is 21.8 Å². The zero-order valence-electron chi connectivity index (χ0n) is 9.95. The smallest absolute Gasteiger partial charge is 0.339 e. The zero-order valence-corrected chi connectivity index (χ0v) is 10.8. The van der Waals surface area contributed by atoms with Crippen molar-refractivity contribution in [1.82, 2.24) is 4.98 Å². The van der Waals surface area contributed by atoms with Crippen molar-refractivity contribution in [3.05, 3.63) is 54.0 Å². The third kappa shape index (κ3) is 2.91. The molecule has 104 valence electrons. The van der Waals surface area contributed by atoms with E-state index in [1.807, 2.05) is 4.72 Å². The largest absolute Gasteiger partial charge is 0.478 e. The van der Waals surface area contributed by atoms with E-state index in [-0.39, 0.29) is 16.3 Å². The number of nitrogens with one attached hydrogen (secondary N) is 1. The standard InChI is InChI=1S/C12H9FN2O4S/c13-8-3-1-4-9(7-8)20(18,19)15-11-10(12(16)17)5-2-6-14-11/h1-7H,(H,14,15)(H,16,17). The Labute approximate surface area is 114 Å². The van der Waals surface area contributed by atoms with Crippen LogP contribution in [0.15, 0.2) is 47.5 Å². The number of aromatic nitrogens is 1. The molecule has 2 aromatic rings. The highest BCUT2D eigenvalue weighted by atomic mass is 32.2. The lowest BCUT2D eigenvalue weighted by Gasteiger charge is -2.09. The van der Waals surface area contributed by atoms with Gasteiger partial charge in [-0.25, -0.2) is 22.6 Å². The molecule has 0 aliphatic carbocycles. The number of pyridine rings is 1. The van der Waals surface area contributed by atoms with Crippen LogP contribution in [0.4, 0.5) is 10.2 Å². The van der Waals surface area contributed by atoms with Crippen LogP contribution in [0.1, 0.15) is 10.4 Å². The molecule has 2 rings (SSSR count). The van der Waals surface area contributed by atoms with Gasteiger partial charge in [0.2, 0.25) is 0 Å². The number of hydrogen-bond acceptors (Lipinski definition) is 4. The van der Waals surface area contributed by atoms with E-state index in [0.29, 0.717) is 0 Å². The number of aromatic carboxylic acids is 1. The Morgan fingerprint density at radius 3 is 2.65 bits per heavy atom. The predicted octanol–water partition coefficient (Wildman–Crippen LogP) is 1.72. The van der Waals surface area contributed by atoms with Crippen molar-refractivity contribution in [1.29, 1.82) is 0 Å². The summed E-state index contributed by atoms with van der Waals surface area (Å²) >= 11 is 0. The topological polar surface area (TPSA) is 96.4 Å². The van der Waals surface area contributed by atoms with Crippen molar-refractivity contribution in [2.24, 2.45) is 0 Å². The second-order valence-electron chi connectivity index (χ2n) is 3.77. The van der Waals surface area contributed by atoms with Crippen molar-refractivity contribution in [2.75, 3.05) is 4.72 Å². The molecule has 0 atom stereocenters. The van der Waals surface area contributed by atoms with Crippen LogP contribution >= 0.6 is 0 Å². The summed E-state index contributed by atoms with van der Waals surface area (Å²) in [5, 5.41) is 8.94. The van der Waals surface area contributed by atoms with Crippen LogP contribution in [-0.2, 0) is 10.0 Å². The van der Waals surface area contributed by atoms with Gasteiger partial charge in [-0.3, -0.25) is 4.72 Å². The first-order chi connectivity index (χ1) is 9.40. The molecule has 1 heterocycles. The first-order valence-electron chi connectivity index (χ1n) is 5.37. The minimum Gasteiger partial charge on any atom is -0.478 e. The molecule has 0 saturated carbocycles. The Balaban J connectivity index is 2.41. The lowest BCUT2D eigenvalue weighted by molar-refractivity contribution is 0.0697. The molecule has 0 fully saturated rings. The lowest BCUT2D eigenvalue weighted by atomic mass is 10.3. The van der Waals surface area contributed by atoms with E-state index >= 15 is 0 Å². The Morgan fingerprint density at radius 2 is 2.00 bits per heavy atom. The zero-order chi connectivity index (χ0) is 14.8. The summed E-state index contributed by atoms with van der Waals surface area (Å²) in [6, 6.07) is 6.92. The molecule has 0 amide bonds. The number of carbonyl (C=O) groups is 1. The molecule has 0 saturated heterocycles. The van der Waals surface area contributed by atoms with Gasteiger partial charge in [0.05, 0.1) is 4.90 Å². The fraction of sp³-hybridized carbons (Fsp3) is 0. The van der Waals surface area contributed by atoms with Crippen LogP contribution in [0.2, 0.25) is 0 Å². The fourth-order valence-corrected chi connectivity index (χ4v) is 2.54. The number of nitrogens with zero attached hydrogens (tertiary/aromatic N) is 1. The number of sulfonamides is 1. The number of anilines is 1. The van der Waals surface area contributed by atoms with Gasteiger partial charge in [-0.2, -0.15) is 0 Å². The minimum atomic E-state index is -4.11. The van der Waals surface area contributed by atoms with Crippen LogP contribution in [-0.4, -0.2) is 24.5 Å². The summed E-state index contributed by atoms with van der Waals surface area (Å²) in [6.45, 7) is 0. The number of rotatable bonds is 4. The Bertz CT molecular complexity index is 762. The quantitative estimate of drug-likeness (QED) is 0.895. The molecule has 0 aliphatic rings. The molecule has 6 nitrogen and oxygen atoms in total. The fourth-order valence-electron chi connectivity index (χ4n) is 1.48. The van der Waals surface area contributed by atoms with Gasteiger partial charge in [0, 0.05) is 6.20 Å². The molecule has 0 radical (unpaired) electrons. The molecule has 0 bridgehead atoms. The van der Waals surface area contributed by atoms with Crippen molar-refractivity contribution in [3.63, 3.8) is 0 Å². The average molecular weight is 296 g/mol. The van der Waals surface area contributed by atoms with E-state index in [1.165, 1.54) is 30.5 Å². The Hall–Kier alpha value is -2.48. The molecule has 1 aromatic carbocycles. The van der Waals surface area contributed by atoms with Crippen molar-refractivity contribution in [3.8, 4) is 0 Å². The predicted molar refractivity (Wildman–Crippen MR) is 68.4 cm³/mol. The molecule has 2 N–H and O–H groups in total. The van der Waals surface area contributed by atoms with E-state index < -0.39 is 21.8 Å². The third-order valence-corrected chi connectivity index (χ3v) is 3.71. The molecule has 0 aliphatic heterocycles. The highest BCUT2D eigenvalue weighted by Crippen LogP contribution is 2.18. The highest BCUT2D eigenvalue weighted by molar-refractivity contribution is 7.92. The van der Waals surface area contributed by atoms with E-state index in [9.17, 15) is 17.6 Å². The van der Waals surface area contributed by atoms with Gasteiger partial charge in [-0.1, -0.05) is 6.07 Å². The second-order valence-corrected chi connectivity index (χ2v) is 5.45. The summed E-state index contributed by atoms with van der Waals surface area (Å²) < 4.78 is 39.1. The second kappa shape index (κ2) is 5.25. The van der Waals surface area contributed by atoms with Crippen LogP contribution in [0.5, 0.6) is 0 Å². The number of carboxylic acid groups (broad SMARTS) is 1. The van der Waals surface area contributed by atoms with E-state index in [2.05, 4.69) is 4.98 Å². The van der Waals surface area contributed by atoms with Gasteiger partial charge in [-0.15, -0.1) is 0 Å². The molecule has 1 aromatic heterocycles. The maximum Gasteiger partial charge on any atom is 0.339 e. The van der Waals surface area contributed by atoms with Gasteiger partial charge >= 0.3 is 5.97 Å². The maximum atomic E-state index is 13.0. The van der Waals surface area contributed by atoms with Crippen molar-refractivity contribution in [2.45, 2.75) is 4.90 Å². The van der Waals surface area contributed by atoms with E-state index in [0.717, 1.165) is 12.1 Å². The highest BCUT2D eigenvalue weighted by Gasteiger charge is 2.19. The van der Waals surface area contributed by atoms with Gasteiger partial charge in [0.1, 0.15) is 11.4 Å². The lowest BCUT2D eigenvalue weighted by Crippen LogP contribution is -2.16. The Morgan fingerprint density at radius 1 is 1.25 bits per heavy atom. The third-order valence-electron chi connectivity index (χ3n) is 2.38. The first-order valence-corrected chi connectivity index (χ1v) is 6.85. The number of hydrogen-bond donors (Lipinski definition) is 2. The molecule has 0 spiro atoms. The summed E-state index contributed by atoms with van der Waals surface area (Å²) in [5.41, 5.74) is -0.299. The van der Waals surface area contributed by atoms with Gasteiger partial charge in [-0.05, 0) is 30.3 Å². The SMILES string of the molecule is O=C(O)c1cccnc1NS(=O)(=O)c1cccc(F)c1. The van der Waals surface area contributed by atoms with E-state index in [1.54, 1.807) is 0 Å². The molecular weight excluding hydrogens is 287 g/mol. The minimum absolute atomic E-state index is 0.299. The van der Waals surface area contributed by atoms with Gasteiger partial charge in [0.25, 0.3) is 10.0 Å². The van der Waals surface area contributed by atoms with Crippen LogP contribution in [0.3, 0.4) is 0 Å². The van der Waals surface area contributed by atoms with E-state index in [4.69, 9.17) is 5.11 Å². The Kier molecular flexibility index (Phi) is 3.66. The van der Waals surface area contributed by atoms with Crippen LogP contribution < -0.4 is 4.72 Å². The summed E-state index contributed by atoms with van der Waals surface area (Å²) in [4.78, 5) is 14.3. The molecule has 0 unspecified atom stereocenters. The maximum absolute atomic E-state index is 13.0. The average Bonchev–Trinajstić information content (AvgIpc) is 2.38. The first kappa shape index (κ1) is 13.9. The summed E-state index contributed by atoms with van der Waals surface area (Å²) in [5.74, 6) is -2.37. The van der Waals surface area contributed by atoms with Gasteiger partial charge < -0.3 is 5.11 Å². The monoisotopic (exact) mass is 296 g/mol. The summed E-state index contributed by atoms with van der Waals surface area (Å²) in [7, 11) is -4.11. The number of benzene rings is 1. The summed E-state index contributed by atoms with van der Waals surface area (Å²) in [6.07, 6.45) is 1.25. The van der Waals surface area contributed by atoms with Crippen LogP contribution in [0.25, 0.3) is 0 Å². The number of carboxylic acids is 1. The van der Waals surface area contributed by atoms with Crippen LogP contribution in [0, 0.1) is 5.82 Å². The van der Waals surface area contributed by atoms with Crippen molar-refractivity contribution < 1.29 is 22.7 Å². The molecule has 20 heavy (non-hydrogen) atoms. The normalized spacial score (nSPS) is 11.1. The number of halogens is 1. The molecule has 8 heteroatoms. The molecular formula is C12H9FN2O4S.